The molecule has 21 heavy (non-hydrogen) atoms. The molecule has 0 saturated heterocycles. The van der Waals surface area contributed by atoms with Crippen molar-refractivity contribution in [1.82, 2.24) is 5.32 Å². The fourth-order valence-electron chi connectivity index (χ4n) is 1.96. The van der Waals surface area contributed by atoms with Gasteiger partial charge in [0.15, 0.2) is 0 Å². The van der Waals surface area contributed by atoms with Crippen LogP contribution in [0.1, 0.15) is 21.5 Å². The lowest BCUT2D eigenvalue weighted by Crippen LogP contribution is -2.23. The van der Waals surface area contributed by atoms with Gasteiger partial charge in [0.2, 0.25) is 0 Å². The second kappa shape index (κ2) is 7.48. The maximum Gasteiger partial charge on any atom is 0.255 e. The van der Waals surface area contributed by atoms with Gasteiger partial charge in [0.1, 0.15) is 5.75 Å². The third-order valence-electron chi connectivity index (χ3n) is 3.00. The molecule has 0 spiro atoms. The minimum Gasteiger partial charge on any atom is -0.496 e. The number of nitrogens with one attached hydrogen (secondary N) is 1. The molecule has 0 atom stereocenters. The van der Waals surface area contributed by atoms with Crippen molar-refractivity contribution in [2.24, 2.45) is 0 Å². The molecule has 3 nitrogen and oxygen atoms in total. The van der Waals surface area contributed by atoms with E-state index in [1.54, 1.807) is 18.2 Å². The van der Waals surface area contributed by atoms with Gasteiger partial charge in [-0.3, -0.25) is 4.79 Å². The predicted molar refractivity (Wildman–Crippen MR) is 88.2 cm³/mol. The van der Waals surface area contributed by atoms with Gasteiger partial charge in [-0.05, 0) is 29.3 Å². The Kier molecular flexibility index (Phi) is 5.65. The number of halogens is 2. The van der Waals surface area contributed by atoms with E-state index >= 15 is 0 Å². The molecular weight excluding hydrogens is 354 g/mol. The molecule has 0 aliphatic carbocycles. The molecule has 0 aliphatic rings. The number of amides is 1. The van der Waals surface area contributed by atoms with Crippen LogP contribution in [0.2, 0.25) is 5.02 Å². The molecule has 0 aliphatic heterocycles. The van der Waals surface area contributed by atoms with Crippen molar-refractivity contribution in [1.29, 1.82) is 0 Å². The van der Waals surface area contributed by atoms with Crippen molar-refractivity contribution in [3.63, 3.8) is 0 Å². The highest BCUT2D eigenvalue weighted by molar-refractivity contribution is 9.08. The van der Waals surface area contributed by atoms with Gasteiger partial charge < -0.3 is 10.1 Å². The Morgan fingerprint density at radius 1 is 1.24 bits per heavy atom. The maximum absolute atomic E-state index is 12.2. The van der Waals surface area contributed by atoms with Crippen LogP contribution in [0.3, 0.4) is 0 Å². The summed E-state index contributed by atoms with van der Waals surface area (Å²) in [7, 11) is 1.53. The van der Waals surface area contributed by atoms with E-state index in [1.807, 2.05) is 24.3 Å². The van der Waals surface area contributed by atoms with E-state index in [0.29, 0.717) is 22.9 Å². The largest absolute Gasteiger partial charge is 0.496 e. The number of carbonyl (C=O) groups excluding carboxylic acids is 1. The number of carbonyl (C=O) groups is 1. The monoisotopic (exact) mass is 367 g/mol. The van der Waals surface area contributed by atoms with Crippen molar-refractivity contribution in [3.05, 3.63) is 64.2 Å². The SMILES string of the molecule is COc1ccc(Cl)cc1C(=O)NCc1cccc(CBr)c1. The van der Waals surface area contributed by atoms with E-state index in [9.17, 15) is 4.79 Å². The highest BCUT2D eigenvalue weighted by atomic mass is 79.9. The molecule has 5 heteroatoms. The maximum atomic E-state index is 12.2. The molecule has 2 aromatic rings. The van der Waals surface area contributed by atoms with E-state index in [0.717, 1.165) is 10.9 Å². The third-order valence-corrected chi connectivity index (χ3v) is 3.89. The summed E-state index contributed by atoms with van der Waals surface area (Å²) in [6.45, 7) is 0.454. The summed E-state index contributed by atoms with van der Waals surface area (Å²) in [6, 6.07) is 13.0. The van der Waals surface area contributed by atoms with Gasteiger partial charge in [0, 0.05) is 16.9 Å². The smallest absolute Gasteiger partial charge is 0.255 e. The number of alkyl halides is 1. The van der Waals surface area contributed by atoms with Crippen LogP contribution >= 0.6 is 27.5 Å². The zero-order valence-corrected chi connectivity index (χ0v) is 13.9. The van der Waals surface area contributed by atoms with Crippen molar-refractivity contribution in [2.75, 3.05) is 7.11 Å². The Labute approximate surface area is 137 Å². The normalized spacial score (nSPS) is 10.2. The number of hydrogen-bond acceptors (Lipinski definition) is 2. The molecule has 2 aromatic carbocycles. The van der Waals surface area contributed by atoms with Crippen LogP contribution in [-0.2, 0) is 11.9 Å². The van der Waals surface area contributed by atoms with Crippen molar-refractivity contribution < 1.29 is 9.53 Å². The first kappa shape index (κ1) is 15.9. The van der Waals surface area contributed by atoms with Gasteiger partial charge in [-0.15, -0.1) is 0 Å². The van der Waals surface area contributed by atoms with Gasteiger partial charge >= 0.3 is 0 Å². The lowest BCUT2D eigenvalue weighted by Gasteiger charge is -2.10. The molecule has 0 radical (unpaired) electrons. The highest BCUT2D eigenvalue weighted by Crippen LogP contribution is 2.22. The van der Waals surface area contributed by atoms with Gasteiger partial charge in [-0.1, -0.05) is 51.8 Å². The van der Waals surface area contributed by atoms with Crippen molar-refractivity contribution in [2.45, 2.75) is 11.9 Å². The van der Waals surface area contributed by atoms with Crippen LogP contribution in [-0.4, -0.2) is 13.0 Å². The minimum absolute atomic E-state index is 0.210. The minimum atomic E-state index is -0.210. The molecule has 110 valence electrons. The van der Waals surface area contributed by atoms with Crippen LogP contribution in [0.5, 0.6) is 5.75 Å². The molecule has 1 N–H and O–H groups in total. The summed E-state index contributed by atoms with van der Waals surface area (Å²) >= 11 is 9.35. The predicted octanol–water partition coefficient (Wildman–Crippen LogP) is 4.17. The molecule has 0 heterocycles. The first-order valence-corrected chi connectivity index (χ1v) is 7.89. The number of rotatable bonds is 5. The molecule has 0 unspecified atom stereocenters. The van der Waals surface area contributed by atoms with Gasteiger partial charge in [0.05, 0.1) is 12.7 Å². The van der Waals surface area contributed by atoms with Gasteiger partial charge in [0.25, 0.3) is 5.91 Å². The number of benzene rings is 2. The Bertz CT molecular complexity index is 646. The second-order valence-electron chi connectivity index (χ2n) is 4.48. The number of hydrogen-bond donors (Lipinski definition) is 1. The Balaban J connectivity index is 2.09. The Morgan fingerprint density at radius 3 is 2.71 bits per heavy atom. The van der Waals surface area contributed by atoms with Gasteiger partial charge in [-0.2, -0.15) is 0 Å². The number of ether oxygens (including phenoxy) is 1. The van der Waals surface area contributed by atoms with E-state index < -0.39 is 0 Å². The van der Waals surface area contributed by atoms with E-state index in [4.69, 9.17) is 16.3 Å². The average Bonchev–Trinajstić information content (AvgIpc) is 2.52. The Morgan fingerprint density at radius 2 is 2.00 bits per heavy atom. The van der Waals surface area contributed by atoms with Crippen LogP contribution in [0, 0.1) is 0 Å². The quantitative estimate of drug-likeness (QED) is 0.804. The van der Waals surface area contributed by atoms with E-state index in [-0.39, 0.29) is 5.91 Å². The van der Waals surface area contributed by atoms with Crippen molar-refractivity contribution >= 4 is 33.4 Å². The topological polar surface area (TPSA) is 38.3 Å². The molecule has 2 rings (SSSR count). The highest BCUT2D eigenvalue weighted by Gasteiger charge is 2.12. The summed E-state index contributed by atoms with van der Waals surface area (Å²) in [4.78, 5) is 12.2. The molecule has 1 amide bonds. The van der Waals surface area contributed by atoms with E-state index in [1.165, 1.54) is 12.7 Å². The second-order valence-corrected chi connectivity index (χ2v) is 5.48. The van der Waals surface area contributed by atoms with Crippen LogP contribution < -0.4 is 10.1 Å². The standard InChI is InChI=1S/C16H15BrClNO2/c1-21-15-6-5-13(18)8-14(15)16(20)19-10-12-4-2-3-11(7-12)9-17/h2-8H,9-10H2,1H3,(H,19,20). The summed E-state index contributed by atoms with van der Waals surface area (Å²) < 4.78 is 5.18. The van der Waals surface area contributed by atoms with Crippen LogP contribution in [0.25, 0.3) is 0 Å². The first-order valence-electron chi connectivity index (χ1n) is 6.39. The summed E-state index contributed by atoms with van der Waals surface area (Å²) in [5.74, 6) is 0.296. The summed E-state index contributed by atoms with van der Waals surface area (Å²) in [5.41, 5.74) is 2.64. The summed E-state index contributed by atoms with van der Waals surface area (Å²) in [6.07, 6.45) is 0. The van der Waals surface area contributed by atoms with Crippen molar-refractivity contribution in [3.8, 4) is 5.75 Å². The Hall–Kier alpha value is -1.52. The summed E-state index contributed by atoms with van der Waals surface area (Å²) in [5, 5.41) is 4.17. The lowest BCUT2D eigenvalue weighted by molar-refractivity contribution is 0.0948. The molecule has 0 saturated carbocycles. The third kappa shape index (κ3) is 4.22. The van der Waals surface area contributed by atoms with Crippen LogP contribution in [0.4, 0.5) is 0 Å². The average molecular weight is 369 g/mol. The zero-order valence-electron chi connectivity index (χ0n) is 11.5. The molecule has 0 aromatic heterocycles. The fourth-order valence-corrected chi connectivity index (χ4v) is 2.48. The van der Waals surface area contributed by atoms with Gasteiger partial charge in [-0.25, -0.2) is 0 Å². The number of methoxy groups -OCH3 is 1. The molecule has 0 fully saturated rings. The zero-order chi connectivity index (χ0) is 15.2. The fraction of sp³-hybridized carbons (Fsp3) is 0.188. The molecule has 0 bridgehead atoms. The first-order chi connectivity index (χ1) is 10.1. The van der Waals surface area contributed by atoms with E-state index in [2.05, 4.69) is 21.2 Å². The lowest BCUT2D eigenvalue weighted by atomic mass is 10.1. The van der Waals surface area contributed by atoms with Crippen LogP contribution in [0.15, 0.2) is 42.5 Å². The molecular formula is C16H15BrClNO2.